The van der Waals surface area contributed by atoms with Crippen LogP contribution in [-0.2, 0) is 9.59 Å². The lowest BCUT2D eigenvalue weighted by molar-refractivity contribution is -0.142. The summed E-state index contributed by atoms with van der Waals surface area (Å²) in [5, 5.41) is 3.29. The van der Waals surface area contributed by atoms with Gasteiger partial charge in [0.1, 0.15) is 0 Å². The van der Waals surface area contributed by atoms with Crippen molar-refractivity contribution in [3.63, 3.8) is 0 Å². The van der Waals surface area contributed by atoms with Crippen LogP contribution in [0.5, 0.6) is 0 Å². The summed E-state index contributed by atoms with van der Waals surface area (Å²) < 4.78 is 0. The lowest BCUT2D eigenvalue weighted by Crippen LogP contribution is -2.55. The van der Waals surface area contributed by atoms with E-state index in [9.17, 15) is 9.59 Å². The quantitative estimate of drug-likeness (QED) is 0.719. The van der Waals surface area contributed by atoms with E-state index < -0.39 is 0 Å². The molecule has 5 heteroatoms. The van der Waals surface area contributed by atoms with Crippen LogP contribution in [0.25, 0.3) is 0 Å². The molecular weight excluding hydrogens is 230 g/mol. The molecule has 1 N–H and O–H groups in total. The van der Waals surface area contributed by atoms with Gasteiger partial charge < -0.3 is 15.1 Å². The zero-order valence-electron chi connectivity index (χ0n) is 11.3. The van der Waals surface area contributed by atoms with Crippen molar-refractivity contribution in [1.29, 1.82) is 0 Å². The van der Waals surface area contributed by atoms with Crippen molar-refractivity contribution in [2.75, 3.05) is 32.7 Å². The Morgan fingerprint density at radius 1 is 1.28 bits per heavy atom. The second-order valence-corrected chi connectivity index (χ2v) is 5.39. The van der Waals surface area contributed by atoms with Gasteiger partial charge >= 0.3 is 0 Å². The molecule has 0 radical (unpaired) electrons. The summed E-state index contributed by atoms with van der Waals surface area (Å²) >= 11 is 0. The molecule has 0 aromatic rings. The molecule has 0 aliphatic carbocycles. The third-order valence-electron chi connectivity index (χ3n) is 4.00. The average Bonchev–Trinajstić information content (AvgIpc) is 2.38. The van der Waals surface area contributed by atoms with Gasteiger partial charge in [0.25, 0.3) is 0 Å². The van der Waals surface area contributed by atoms with Crippen molar-refractivity contribution in [1.82, 2.24) is 15.1 Å². The molecular formula is C13H23N3O2. The molecule has 2 aliphatic rings. The van der Waals surface area contributed by atoms with E-state index in [4.69, 9.17) is 0 Å². The maximum Gasteiger partial charge on any atom is 0.227 e. The van der Waals surface area contributed by atoms with E-state index >= 15 is 0 Å². The predicted octanol–water partition coefficient (Wildman–Crippen LogP) is 0.0652. The van der Waals surface area contributed by atoms with Crippen LogP contribution >= 0.6 is 0 Å². The maximum absolute atomic E-state index is 12.5. The molecule has 0 spiro atoms. The number of hydrogen-bond acceptors (Lipinski definition) is 3. The standard InChI is InChI=1S/C13H23N3O2/c1-10-8-14-5-7-16(10)13(18)12-4-3-6-15(9-12)11(2)17/h10,12,14H,3-9H2,1-2H3/t10-,12?/m0/s1. The number of piperazine rings is 1. The summed E-state index contributed by atoms with van der Waals surface area (Å²) in [5.41, 5.74) is 0. The van der Waals surface area contributed by atoms with E-state index in [1.54, 1.807) is 11.8 Å². The first kappa shape index (κ1) is 13.3. The fourth-order valence-corrected chi connectivity index (χ4v) is 2.87. The molecule has 0 aromatic heterocycles. The minimum atomic E-state index is 0.00296. The van der Waals surface area contributed by atoms with Crippen LogP contribution in [0.15, 0.2) is 0 Å². The Bertz CT molecular complexity index is 332. The molecule has 2 saturated heterocycles. The molecule has 2 atom stereocenters. The van der Waals surface area contributed by atoms with Gasteiger partial charge in [0.15, 0.2) is 0 Å². The number of piperidine rings is 1. The van der Waals surface area contributed by atoms with Crippen LogP contribution in [0.3, 0.4) is 0 Å². The third kappa shape index (κ3) is 2.83. The number of nitrogens with zero attached hydrogens (tertiary/aromatic N) is 2. The van der Waals surface area contributed by atoms with Gasteiger partial charge in [-0.05, 0) is 19.8 Å². The van der Waals surface area contributed by atoms with E-state index in [-0.39, 0.29) is 23.8 Å². The number of amides is 2. The van der Waals surface area contributed by atoms with Crippen LogP contribution in [0.2, 0.25) is 0 Å². The Hall–Kier alpha value is -1.10. The van der Waals surface area contributed by atoms with Crippen molar-refractivity contribution in [3.8, 4) is 0 Å². The molecule has 2 amide bonds. The molecule has 2 fully saturated rings. The lowest BCUT2D eigenvalue weighted by Gasteiger charge is -2.39. The molecule has 2 heterocycles. The van der Waals surface area contributed by atoms with Gasteiger partial charge in [-0.25, -0.2) is 0 Å². The van der Waals surface area contributed by atoms with Crippen molar-refractivity contribution in [2.24, 2.45) is 5.92 Å². The molecule has 102 valence electrons. The van der Waals surface area contributed by atoms with Crippen LogP contribution in [0, 0.1) is 5.92 Å². The Morgan fingerprint density at radius 2 is 2.06 bits per heavy atom. The minimum Gasteiger partial charge on any atom is -0.342 e. The zero-order valence-corrected chi connectivity index (χ0v) is 11.3. The fraction of sp³-hybridized carbons (Fsp3) is 0.846. The first-order chi connectivity index (χ1) is 8.59. The summed E-state index contributed by atoms with van der Waals surface area (Å²) in [6, 6.07) is 0.263. The van der Waals surface area contributed by atoms with Gasteiger partial charge in [0, 0.05) is 45.7 Å². The Labute approximate surface area is 108 Å². The fourth-order valence-electron chi connectivity index (χ4n) is 2.87. The van der Waals surface area contributed by atoms with E-state index in [1.807, 2.05) is 4.90 Å². The highest BCUT2D eigenvalue weighted by molar-refractivity contribution is 5.81. The van der Waals surface area contributed by atoms with Gasteiger partial charge in [-0.2, -0.15) is 0 Å². The van der Waals surface area contributed by atoms with Crippen LogP contribution in [-0.4, -0.2) is 60.4 Å². The molecule has 1 unspecified atom stereocenters. The normalized spacial score (nSPS) is 29.2. The van der Waals surface area contributed by atoms with Crippen LogP contribution in [0.1, 0.15) is 26.7 Å². The highest BCUT2D eigenvalue weighted by Crippen LogP contribution is 2.20. The largest absolute Gasteiger partial charge is 0.342 e. The van der Waals surface area contributed by atoms with Gasteiger partial charge in [0.05, 0.1) is 5.92 Å². The van der Waals surface area contributed by atoms with E-state index in [1.165, 1.54) is 0 Å². The third-order valence-corrected chi connectivity index (χ3v) is 4.00. The minimum absolute atomic E-state index is 0.00296. The second kappa shape index (κ2) is 5.69. The number of carbonyl (C=O) groups excluding carboxylic acids is 2. The topological polar surface area (TPSA) is 52.7 Å². The summed E-state index contributed by atoms with van der Waals surface area (Å²) in [5.74, 6) is 0.319. The number of hydrogen-bond donors (Lipinski definition) is 1. The summed E-state index contributed by atoms with van der Waals surface area (Å²) in [4.78, 5) is 27.7. The highest BCUT2D eigenvalue weighted by atomic mass is 16.2. The summed E-state index contributed by atoms with van der Waals surface area (Å²) in [7, 11) is 0. The molecule has 2 rings (SSSR count). The number of carbonyl (C=O) groups is 2. The molecule has 2 aliphatic heterocycles. The van der Waals surface area contributed by atoms with Crippen molar-refractivity contribution in [2.45, 2.75) is 32.7 Å². The van der Waals surface area contributed by atoms with E-state index in [0.717, 1.165) is 39.0 Å². The molecule has 0 saturated carbocycles. The van der Waals surface area contributed by atoms with E-state index in [0.29, 0.717) is 6.54 Å². The van der Waals surface area contributed by atoms with Gasteiger partial charge in [0.2, 0.25) is 11.8 Å². The van der Waals surface area contributed by atoms with E-state index in [2.05, 4.69) is 12.2 Å². The first-order valence-electron chi connectivity index (χ1n) is 6.86. The van der Waals surface area contributed by atoms with Crippen LogP contribution in [0.4, 0.5) is 0 Å². The second-order valence-electron chi connectivity index (χ2n) is 5.39. The SMILES string of the molecule is CC(=O)N1CCCC(C(=O)N2CCNC[C@@H]2C)C1. The van der Waals surface area contributed by atoms with Gasteiger partial charge in [-0.3, -0.25) is 9.59 Å². The maximum atomic E-state index is 12.5. The van der Waals surface area contributed by atoms with Crippen molar-refractivity contribution < 1.29 is 9.59 Å². The Kier molecular flexibility index (Phi) is 4.22. The van der Waals surface area contributed by atoms with Crippen molar-refractivity contribution in [3.05, 3.63) is 0 Å². The smallest absolute Gasteiger partial charge is 0.227 e. The molecule has 18 heavy (non-hydrogen) atoms. The Balaban J connectivity index is 1.97. The number of nitrogens with one attached hydrogen (secondary N) is 1. The highest BCUT2D eigenvalue weighted by Gasteiger charge is 2.32. The predicted molar refractivity (Wildman–Crippen MR) is 69.0 cm³/mol. The number of rotatable bonds is 1. The Morgan fingerprint density at radius 3 is 2.72 bits per heavy atom. The van der Waals surface area contributed by atoms with Gasteiger partial charge in [-0.1, -0.05) is 0 Å². The molecule has 0 bridgehead atoms. The lowest BCUT2D eigenvalue weighted by atomic mass is 9.95. The summed E-state index contributed by atoms with van der Waals surface area (Å²) in [6.07, 6.45) is 1.86. The van der Waals surface area contributed by atoms with Crippen LogP contribution < -0.4 is 5.32 Å². The zero-order chi connectivity index (χ0) is 13.1. The average molecular weight is 253 g/mol. The van der Waals surface area contributed by atoms with Crippen molar-refractivity contribution >= 4 is 11.8 Å². The molecule has 0 aromatic carbocycles. The summed E-state index contributed by atoms with van der Waals surface area (Å²) in [6.45, 7) is 7.60. The number of likely N-dealkylation sites (tertiary alicyclic amines) is 1. The van der Waals surface area contributed by atoms with Gasteiger partial charge in [-0.15, -0.1) is 0 Å². The first-order valence-corrected chi connectivity index (χ1v) is 6.86. The molecule has 5 nitrogen and oxygen atoms in total. The monoisotopic (exact) mass is 253 g/mol.